The predicted octanol–water partition coefficient (Wildman–Crippen LogP) is 2.90. The normalized spacial score (nSPS) is 11.1. The van der Waals surface area contributed by atoms with E-state index in [4.69, 9.17) is 16.7 Å². The maximum absolute atomic E-state index is 12.5. The van der Waals surface area contributed by atoms with Crippen LogP contribution < -0.4 is 10.2 Å². The van der Waals surface area contributed by atoms with Crippen LogP contribution in [0.3, 0.4) is 0 Å². The summed E-state index contributed by atoms with van der Waals surface area (Å²) in [5.74, 6) is 0. The molecule has 0 atom stereocenters. The molecule has 0 unspecified atom stereocenters. The van der Waals surface area contributed by atoms with E-state index >= 15 is 0 Å². The van der Waals surface area contributed by atoms with E-state index in [-0.39, 0.29) is 13.2 Å². The van der Waals surface area contributed by atoms with E-state index in [0.717, 1.165) is 18.5 Å². The Morgan fingerprint density at radius 2 is 2.15 bits per heavy atom. The number of hydrogen-bond acceptors (Lipinski definition) is 3. The first-order valence-electron chi connectivity index (χ1n) is 6.71. The fraction of sp³-hybridized carbons (Fsp3) is 0.571. The monoisotopic (exact) mass is 306 g/mol. The number of anilines is 1. The molecule has 1 aromatic carbocycles. The van der Waals surface area contributed by atoms with Crippen LogP contribution in [-0.4, -0.2) is 37.8 Å². The second-order valence-electron chi connectivity index (χ2n) is 4.51. The molecule has 1 aromatic rings. The zero-order chi connectivity index (χ0) is 15.0. The van der Waals surface area contributed by atoms with Crippen molar-refractivity contribution in [2.24, 2.45) is 0 Å². The van der Waals surface area contributed by atoms with E-state index in [0.29, 0.717) is 17.3 Å². The zero-order valence-corrected chi connectivity index (χ0v) is 12.3. The van der Waals surface area contributed by atoms with Crippen LogP contribution >= 0.6 is 11.6 Å². The second-order valence-corrected chi connectivity index (χ2v) is 4.92. The molecular formula is C14H21ClF2N2O. The zero-order valence-electron chi connectivity index (χ0n) is 11.6. The smallest absolute Gasteiger partial charge is 0.255 e. The highest BCUT2D eigenvalue weighted by molar-refractivity contribution is 6.31. The largest absolute Gasteiger partial charge is 0.395 e. The average molecular weight is 307 g/mol. The minimum absolute atomic E-state index is 0.161. The first-order valence-corrected chi connectivity index (χ1v) is 7.09. The van der Waals surface area contributed by atoms with Crippen molar-refractivity contribution in [2.75, 3.05) is 31.1 Å². The molecule has 0 heterocycles. The molecule has 0 bridgehead atoms. The molecule has 2 N–H and O–H groups in total. The Morgan fingerprint density at radius 1 is 1.40 bits per heavy atom. The van der Waals surface area contributed by atoms with Gasteiger partial charge in [0.2, 0.25) is 0 Å². The van der Waals surface area contributed by atoms with Gasteiger partial charge < -0.3 is 15.3 Å². The van der Waals surface area contributed by atoms with Crippen molar-refractivity contribution >= 4 is 17.3 Å². The van der Waals surface area contributed by atoms with E-state index in [2.05, 4.69) is 12.2 Å². The van der Waals surface area contributed by atoms with E-state index in [1.54, 1.807) is 12.1 Å². The van der Waals surface area contributed by atoms with Crippen LogP contribution in [0.15, 0.2) is 18.2 Å². The molecule has 0 radical (unpaired) electrons. The van der Waals surface area contributed by atoms with Crippen molar-refractivity contribution in [3.8, 4) is 0 Å². The van der Waals surface area contributed by atoms with E-state index < -0.39 is 13.0 Å². The average Bonchev–Trinajstić information content (AvgIpc) is 2.40. The molecule has 1 rings (SSSR count). The van der Waals surface area contributed by atoms with Gasteiger partial charge in [-0.1, -0.05) is 24.6 Å². The van der Waals surface area contributed by atoms with Crippen LogP contribution in [0.5, 0.6) is 0 Å². The third kappa shape index (κ3) is 5.61. The second kappa shape index (κ2) is 9.10. The SMILES string of the molecule is CCCNCc1ccc(N(CCO)CC(F)F)cc1Cl. The molecule has 3 nitrogen and oxygen atoms in total. The van der Waals surface area contributed by atoms with Crippen molar-refractivity contribution in [1.29, 1.82) is 0 Å². The van der Waals surface area contributed by atoms with Crippen LogP contribution in [0.25, 0.3) is 0 Å². The maximum Gasteiger partial charge on any atom is 0.255 e. The van der Waals surface area contributed by atoms with Gasteiger partial charge >= 0.3 is 0 Å². The van der Waals surface area contributed by atoms with Gasteiger partial charge in [0.15, 0.2) is 0 Å². The predicted molar refractivity (Wildman–Crippen MR) is 78.8 cm³/mol. The maximum atomic E-state index is 12.5. The van der Waals surface area contributed by atoms with E-state index in [1.807, 2.05) is 6.07 Å². The number of alkyl halides is 2. The minimum Gasteiger partial charge on any atom is -0.395 e. The summed E-state index contributed by atoms with van der Waals surface area (Å²) in [6.07, 6.45) is -1.42. The standard InChI is InChI=1S/C14H21ClF2N2O/c1-2-5-18-9-11-3-4-12(8-13(11)15)19(6-7-20)10-14(16)17/h3-4,8,14,18,20H,2,5-7,9-10H2,1H3. The molecule has 0 spiro atoms. The van der Waals surface area contributed by atoms with Crippen molar-refractivity contribution in [2.45, 2.75) is 26.3 Å². The number of nitrogens with zero attached hydrogens (tertiary/aromatic N) is 1. The third-order valence-electron chi connectivity index (χ3n) is 2.87. The molecule has 0 aliphatic heterocycles. The quantitative estimate of drug-likeness (QED) is 0.689. The van der Waals surface area contributed by atoms with Gasteiger partial charge in [0, 0.05) is 23.8 Å². The Balaban J connectivity index is 2.77. The number of aliphatic hydroxyl groups excluding tert-OH is 1. The van der Waals surface area contributed by atoms with Gasteiger partial charge in [-0.3, -0.25) is 0 Å². The Kier molecular flexibility index (Phi) is 7.80. The summed E-state index contributed by atoms with van der Waals surface area (Å²) < 4.78 is 25.0. The fourth-order valence-corrected chi connectivity index (χ4v) is 2.13. The first kappa shape index (κ1) is 17.1. The van der Waals surface area contributed by atoms with Crippen LogP contribution in [0, 0.1) is 0 Å². The van der Waals surface area contributed by atoms with Crippen LogP contribution in [-0.2, 0) is 6.54 Å². The summed E-state index contributed by atoms with van der Waals surface area (Å²) in [5, 5.41) is 12.7. The molecule has 0 aliphatic rings. The summed E-state index contributed by atoms with van der Waals surface area (Å²) in [6.45, 7) is 3.21. The van der Waals surface area contributed by atoms with Gasteiger partial charge in [-0.05, 0) is 30.7 Å². The molecule has 0 fully saturated rings. The van der Waals surface area contributed by atoms with E-state index in [9.17, 15) is 8.78 Å². The number of benzene rings is 1. The van der Waals surface area contributed by atoms with Gasteiger partial charge in [-0.15, -0.1) is 0 Å². The molecular weight excluding hydrogens is 286 g/mol. The van der Waals surface area contributed by atoms with Gasteiger partial charge in [0.05, 0.1) is 13.2 Å². The summed E-state index contributed by atoms with van der Waals surface area (Å²) in [7, 11) is 0. The van der Waals surface area contributed by atoms with Crippen LogP contribution in [0.4, 0.5) is 14.5 Å². The number of halogens is 3. The summed E-state index contributed by atoms with van der Waals surface area (Å²) >= 11 is 6.17. The van der Waals surface area contributed by atoms with E-state index in [1.165, 1.54) is 4.90 Å². The number of aliphatic hydroxyl groups is 1. The lowest BCUT2D eigenvalue weighted by Gasteiger charge is -2.24. The van der Waals surface area contributed by atoms with Crippen molar-refractivity contribution in [1.82, 2.24) is 5.32 Å². The van der Waals surface area contributed by atoms with Crippen LogP contribution in [0.2, 0.25) is 5.02 Å². The molecule has 0 amide bonds. The highest BCUT2D eigenvalue weighted by Gasteiger charge is 2.13. The Bertz CT molecular complexity index is 405. The van der Waals surface area contributed by atoms with Gasteiger partial charge in [0.1, 0.15) is 0 Å². The number of rotatable bonds is 9. The highest BCUT2D eigenvalue weighted by atomic mass is 35.5. The van der Waals surface area contributed by atoms with Crippen LogP contribution in [0.1, 0.15) is 18.9 Å². The van der Waals surface area contributed by atoms with Crippen molar-refractivity contribution in [3.63, 3.8) is 0 Å². The lowest BCUT2D eigenvalue weighted by molar-refractivity contribution is 0.153. The Morgan fingerprint density at radius 3 is 2.70 bits per heavy atom. The third-order valence-corrected chi connectivity index (χ3v) is 3.22. The Labute approximate surface area is 123 Å². The molecule has 0 saturated heterocycles. The fourth-order valence-electron chi connectivity index (χ4n) is 1.89. The van der Waals surface area contributed by atoms with Crippen molar-refractivity contribution < 1.29 is 13.9 Å². The molecule has 6 heteroatoms. The minimum atomic E-state index is -2.45. The van der Waals surface area contributed by atoms with Gasteiger partial charge in [-0.2, -0.15) is 0 Å². The highest BCUT2D eigenvalue weighted by Crippen LogP contribution is 2.24. The number of nitrogens with one attached hydrogen (secondary N) is 1. The molecule has 114 valence electrons. The first-order chi connectivity index (χ1) is 9.58. The van der Waals surface area contributed by atoms with Gasteiger partial charge in [-0.25, -0.2) is 8.78 Å². The number of hydrogen-bond donors (Lipinski definition) is 2. The summed E-state index contributed by atoms with van der Waals surface area (Å²) in [5.41, 5.74) is 1.54. The molecule has 0 saturated carbocycles. The summed E-state index contributed by atoms with van der Waals surface area (Å²) in [6, 6.07) is 5.26. The lowest BCUT2D eigenvalue weighted by Crippen LogP contribution is -2.31. The van der Waals surface area contributed by atoms with Crippen molar-refractivity contribution in [3.05, 3.63) is 28.8 Å². The van der Waals surface area contributed by atoms with Gasteiger partial charge in [0.25, 0.3) is 6.43 Å². The Hall–Kier alpha value is -0.910. The topological polar surface area (TPSA) is 35.5 Å². The molecule has 0 aliphatic carbocycles. The molecule has 0 aromatic heterocycles. The lowest BCUT2D eigenvalue weighted by atomic mass is 10.2. The molecule has 20 heavy (non-hydrogen) atoms. The summed E-state index contributed by atoms with van der Waals surface area (Å²) in [4.78, 5) is 1.43.